The first-order valence-corrected chi connectivity index (χ1v) is 8.44. The predicted octanol–water partition coefficient (Wildman–Crippen LogP) is 5.62. The maximum atomic E-state index is 10.2. The van der Waals surface area contributed by atoms with E-state index in [1.54, 1.807) is 41.9 Å². The average molecular weight is 367 g/mol. The lowest BCUT2D eigenvalue weighted by Crippen LogP contribution is -1.88. The predicted molar refractivity (Wildman–Crippen MR) is 89.0 cm³/mol. The van der Waals surface area contributed by atoms with E-state index in [0.29, 0.717) is 5.75 Å². The Morgan fingerprint density at radius 3 is 2.50 bits per heavy atom. The van der Waals surface area contributed by atoms with Crippen molar-refractivity contribution in [3.63, 3.8) is 0 Å². The minimum absolute atomic E-state index is 0.233. The fourth-order valence-corrected chi connectivity index (χ4v) is 4.90. The number of halogens is 1. The van der Waals surface area contributed by atoms with E-state index in [9.17, 15) is 5.11 Å². The lowest BCUT2D eigenvalue weighted by molar-refractivity contribution is 0.410. The fourth-order valence-electron chi connectivity index (χ4n) is 2.10. The van der Waals surface area contributed by atoms with Gasteiger partial charge in [-0.3, -0.25) is 0 Å². The van der Waals surface area contributed by atoms with E-state index in [2.05, 4.69) is 15.9 Å². The fraction of sp³-hybridized carbons (Fsp3) is 0.0667. The van der Waals surface area contributed by atoms with Crippen molar-refractivity contribution in [2.45, 2.75) is 0 Å². The molecule has 0 aliphatic rings. The van der Waals surface area contributed by atoms with E-state index in [1.807, 2.05) is 29.0 Å². The van der Waals surface area contributed by atoms with Gasteiger partial charge in [0.15, 0.2) is 0 Å². The molecule has 0 aliphatic carbocycles. The van der Waals surface area contributed by atoms with Crippen LogP contribution in [0.25, 0.3) is 20.9 Å². The lowest BCUT2D eigenvalue weighted by Gasteiger charge is -2.11. The molecule has 0 aliphatic heterocycles. The van der Waals surface area contributed by atoms with Crippen LogP contribution in [0.2, 0.25) is 0 Å². The van der Waals surface area contributed by atoms with Gasteiger partial charge in [0.25, 0.3) is 0 Å². The molecule has 102 valence electrons. The Balaban J connectivity index is 2.23. The third kappa shape index (κ3) is 2.26. The van der Waals surface area contributed by atoms with Crippen molar-refractivity contribution >= 4 is 38.6 Å². The van der Waals surface area contributed by atoms with Crippen LogP contribution in [0.4, 0.5) is 0 Å². The van der Waals surface area contributed by atoms with Gasteiger partial charge in [0.1, 0.15) is 11.5 Å². The average Bonchev–Trinajstić information content (AvgIpc) is 3.06. The summed E-state index contributed by atoms with van der Waals surface area (Å²) in [6.07, 6.45) is 0. The van der Waals surface area contributed by atoms with Crippen molar-refractivity contribution < 1.29 is 9.84 Å². The molecule has 3 rings (SSSR count). The molecule has 2 heterocycles. The van der Waals surface area contributed by atoms with E-state index < -0.39 is 0 Å². The van der Waals surface area contributed by atoms with Crippen molar-refractivity contribution in [1.29, 1.82) is 0 Å². The number of hydrogen-bond donors (Lipinski definition) is 1. The summed E-state index contributed by atoms with van der Waals surface area (Å²) in [5.41, 5.74) is 1.74. The maximum absolute atomic E-state index is 10.2. The molecule has 1 N–H and O–H groups in total. The summed E-state index contributed by atoms with van der Waals surface area (Å²) in [5, 5.41) is 14.3. The van der Waals surface area contributed by atoms with Crippen LogP contribution in [0.3, 0.4) is 0 Å². The standard InChI is InChI=1S/C15H11BrO2S2/c1-18-12-4-2-3-11(17)13(12)9-5-7-19-14(9)15-10(16)6-8-20-15/h2-8,17H,1H3. The number of phenols is 1. The molecule has 2 aromatic heterocycles. The van der Waals surface area contributed by atoms with Gasteiger partial charge in [-0.25, -0.2) is 0 Å². The molecule has 0 radical (unpaired) electrons. The second kappa shape index (κ2) is 5.60. The molecule has 0 spiro atoms. The molecule has 3 aromatic rings. The summed E-state index contributed by atoms with van der Waals surface area (Å²) in [4.78, 5) is 2.30. The normalized spacial score (nSPS) is 10.7. The third-order valence-electron chi connectivity index (χ3n) is 2.98. The van der Waals surface area contributed by atoms with Crippen molar-refractivity contribution in [3.05, 3.63) is 45.6 Å². The molecule has 0 saturated carbocycles. The van der Waals surface area contributed by atoms with Crippen LogP contribution < -0.4 is 4.74 Å². The number of hydrogen-bond acceptors (Lipinski definition) is 4. The van der Waals surface area contributed by atoms with Gasteiger partial charge in [-0.15, -0.1) is 22.7 Å². The van der Waals surface area contributed by atoms with Crippen molar-refractivity contribution in [3.8, 4) is 32.4 Å². The molecule has 0 fully saturated rings. The number of aromatic hydroxyl groups is 1. The van der Waals surface area contributed by atoms with Crippen LogP contribution in [0.15, 0.2) is 45.6 Å². The lowest BCUT2D eigenvalue weighted by atomic mass is 10.0. The molecule has 1 aromatic carbocycles. The summed E-state index contributed by atoms with van der Waals surface area (Å²) >= 11 is 6.91. The largest absolute Gasteiger partial charge is 0.507 e. The van der Waals surface area contributed by atoms with Gasteiger partial charge in [-0.1, -0.05) is 6.07 Å². The molecule has 20 heavy (non-hydrogen) atoms. The van der Waals surface area contributed by atoms with Crippen LogP contribution in [0, 0.1) is 0 Å². The quantitative estimate of drug-likeness (QED) is 0.651. The highest BCUT2D eigenvalue weighted by molar-refractivity contribution is 9.10. The Bertz CT molecular complexity index is 746. The Morgan fingerprint density at radius 1 is 1.05 bits per heavy atom. The number of phenolic OH excluding ortho intramolecular Hbond substituents is 1. The van der Waals surface area contributed by atoms with Crippen LogP contribution >= 0.6 is 38.6 Å². The van der Waals surface area contributed by atoms with Crippen molar-refractivity contribution in [2.75, 3.05) is 7.11 Å². The van der Waals surface area contributed by atoms with E-state index in [0.717, 1.165) is 20.5 Å². The molecule has 0 saturated heterocycles. The van der Waals surface area contributed by atoms with Gasteiger partial charge in [0.05, 0.1) is 22.4 Å². The van der Waals surface area contributed by atoms with Gasteiger partial charge in [-0.05, 0) is 51.0 Å². The Hall–Kier alpha value is -1.30. The number of thiophene rings is 2. The van der Waals surface area contributed by atoms with E-state index in [1.165, 1.54) is 4.88 Å². The first kappa shape index (κ1) is 13.7. The number of ether oxygens (including phenoxy) is 1. The number of benzene rings is 1. The third-order valence-corrected chi connectivity index (χ3v) is 5.90. The van der Waals surface area contributed by atoms with Gasteiger partial charge >= 0.3 is 0 Å². The van der Waals surface area contributed by atoms with E-state index in [-0.39, 0.29) is 5.75 Å². The molecule has 0 amide bonds. The second-order valence-electron chi connectivity index (χ2n) is 4.12. The van der Waals surface area contributed by atoms with E-state index >= 15 is 0 Å². The number of rotatable bonds is 3. The molecule has 0 unspecified atom stereocenters. The van der Waals surface area contributed by atoms with Gasteiger partial charge in [0.2, 0.25) is 0 Å². The van der Waals surface area contributed by atoms with Crippen LogP contribution in [0.1, 0.15) is 0 Å². The summed E-state index contributed by atoms with van der Waals surface area (Å²) in [5.74, 6) is 0.911. The molecule has 2 nitrogen and oxygen atoms in total. The zero-order valence-electron chi connectivity index (χ0n) is 10.6. The van der Waals surface area contributed by atoms with Gasteiger partial charge in [-0.2, -0.15) is 0 Å². The highest BCUT2D eigenvalue weighted by atomic mass is 79.9. The first-order valence-electron chi connectivity index (χ1n) is 5.89. The maximum Gasteiger partial charge on any atom is 0.130 e. The minimum atomic E-state index is 0.233. The molecule has 5 heteroatoms. The van der Waals surface area contributed by atoms with Crippen molar-refractivity contribution in [2.24, 2.45) is 0 Å². The summed E-state index contributed by atoms with van der Waals surface area (Å²) in [7, 11) is 1.62. The topological polar surface area (TPSA) is 29.5 Å². The van der Waals surface area contributed by atoms with Crippen LogP contribution in [-0.2, 0) is 0 Å². The summed E-state index contributed by atoms with van der Waals surface area (Å²) in [6.45, 7) is 0. The van der Waals surface area contributed by atoms with E-state index in [4.69, 9.17) is 4.74 Å². The van der Waals surface area contributed by atoms with Crippen LogP contribution in [-0.4, -0.2) is 12.2 Å². The Kier molecular flexibility index (Phi) is 3.83. The molecular formula is C15H11BrO2S2. The molecular weight excluding hydrogens is 356 g/mol. The summed E-state index contributed by atoms with van der Waals surface area (Å²) < 4.78 is 6.46. The second-order valence-corrected chi connectivity index (χ2v) is 6.80. The molecule has 0 atom stereocenters. The zero-order valence-corrected chi connectivity index (χ0v) is 13.8. The number of methoxy groups -OCH3 is 1. The Labute approximate surface area is 133 Å². The first-order chi connectivity index (χ1) is 9.72. The Morgan fingerprint density at radius 2 is 1.80 bits per heavy atom. The van der Waals surface area contributed by atoms with Gasteiger partial charge in [0, 0.05) is 10.0 Å². The smallest absolute Gasteiger partial charge is 0.130 e. The van der Waals surface area contributed by atoms with Crippen molar-refractivity contribution in [1.82, 2.24) is 0 Å². The highest BCUT2D eigenvalue weighted by Gasteiger charge is 2.18. The minimum Gasteiger partial charge on any atom is -0.507 e. The molecule has 0 bridgehead atoms. The SMILES string of the molecule is COc1cccc(O)c1-c1ccsc1-c1sccc1Br. The monoisotopic (exact) mass is 366 g/mol. The highest BCUT2D eigenvalue weighted by Crippen LogP contribution is 2.47. The zero-order chi connectivity index (χ0) is 14.1. The van der Waals surface area contributed by atoms with Gasteiger partial charge < -0.3 is 9.84 Å². The summed E-state index contributed by atoms with van der Waals surface area (Å²) in [6, 6.07) is 9.38. The van der Waals surface area contributed by atoms with Crippen LogP contribution in [0.5, 0.6) is 11.5 Å².